The van der Waals surface area contributed by atoms with Crippen LogP contribution in [0.1, 0.15) is 31.7 Å². The SMILES string of the molecule is CCCN(C(=O)Cc1ccc(Cl)c(Cl)c1)C1CCNCC1.Cl. The molecular formula is C16H23Cl3N2O. The van der Waals surface area contributed by atoms with Crippen molar-refractivity contribution in [3.63, 3.8) is 0 Å². The van der Waals surface area contributed by atoms with Crippen LogP contribution in [0.25, 0.3) is 0 Å². The zero-order valence-electron chi connectivity index (χ0n) is 12.8. The van der Waals surface area contributed by atoms with Gasteiger partial charge in [0.05, 0.1) is 16.5 Å². The summed E-state index contributed by atoms with van der Waals surface area (Å²) < 4.78 is 0. The summed E-state index contributed by atoms with van der Waals surface area (Å²) >= 11 is 11.9. The number of nitrogens with one attached hydrogen (secondary N) is 1. The Balaban J connectivity index is 0.00000242. The summed E-state index contributed by atoms with van der Waals surface area (Å²) in [5.41, 5.74) is 0.921. The van der Waals surface area contributed by atoms with Crippen molar-refractivity contribution in [1.82, 2.24) is 10.2 Å². The van der Waals surface area contributed by atoms with Gasteiger partial charge in [-0.15, -0.1) is 12.4 Å². The molecule has 0 bridgehead atoms. The van der Waals surface area contributed by atoms with E-state index in [9.17, 15) is 4.79 Å². The minimum absolute atomic E-state index is 0. The maximum Gasteiger partial charge on any atom is 0.227 e. The molecule has 1 N–H and O–H groups in total. The number of hydrogen-bond acceptors (Lipinski definition) is 2. The Morgan fingerprint density at radius 3 is 2.55 bits per heavy atom. The van der Waals surface area contributed by atoms with Crippen molar-refractivity contribution >= 4 is 41.5 Å². The van der Waals surface area contributed by atoms with Crippen molar-refractivity contribution in [2.24, 2.45) is 0 Å². The molecule has 1 aromatic rings. The van der Waals surface area contributed by atoms with Crippen LogP contribution in [0.2, 0.25) is 10.0 Å². The fraction of sp³-hybridized carbons (Fsp3) is 0.562. The van der Waals surface area contributed by atoms with Gasteiger partial charge in [-0.1, -0.05) is 36.2 Å². The van der Waals surface area contributed by atoms with Crippen LogP contribution in [0.4, 0.5) is 0 Å². The van der Waals surface area contributed by atoms with Gasteiger partial charge in [0.25, 0.3) is 0 Å². The number of rotatable bonds is 5. The van der Waals surface area contributed by atoms with Crippen molar-refractivity contribution in [2.75, 3.05) is 19.6 Å². The van der Waals surface area contributed by atoms with Crippen LogP contribution in [0.15, 0.2) is 18.2 Å². The van der Waals surface area contributed by atoms with E-state index in [2.05, 4.69) is 12.2 Å². The largest absolute Gasteiger partial charge is 0.339 e. The summed E-state index contributed by atoms with van der Waals surface area (Å²) in [5.74, 6) is 0.183. The van der Waals surface area contributed by atoms with E-state index in [1.54, 1.807) is 12.1 Å². The van der Waals surface area contributed by atoms with Gasteiger partial charge in [0.1, 0.15) is 0 Å². The van der Waals surface area contributed by atoms with Crippen molar-refractivity contribution in [3.8, 4) is 0 Å². The Hall–Kier alpha value is -0.480. The number of nitrogens with zero attached hydrogens (tertiary/aromatic N) is 1. The van der Waals surface area contributed by atoms with E-state index < -0.39 is 0 Å². The summed E-state index contributed by atoms with van der Waals surface area (Å²) in [6, 6.07) is 5.77. The number of carbonyl (C=O) groups is 1. The molecule has 1 aromatic carbocycles. The van der Waals surface area contributed by atoms with Crippen molar-refractivity contribution in [2.45, 2.75) is 38.6 Å². The maximum absolute atomic E-state index is 12.6. The topological polar surface area (TPSA) is 32.3 Å². The Kier molecular flexibility index (Phi) is 8.55. The summed E-state index contributed by atoms with van der Waals surface area (Å²) in [6.07, 6.45) is 3.44. The van der Waals surface area contributed by atoms with Gasteiger partial charge < -0.3 is 10.2 Å². The molecule has 0 aliphatic carbocycles. The number of hydrogen-bond donors (Lipinski definition) is 1. The minimum Gasteiger partial charge on any atom is -0.339 e. The lowest BCUT2D eigenvalue weighted by Gasteiger charge is -2.34. The normalized spacial score (nSPS) is 15.2. The Morgan fingerprint density at radius 2 is 1.95 bits per heavy atom. The molecule has 22 heavy (non-hydrogen) atoms. The number of carbonyl (C=O) groups excluding carboxylic acids is 1. The highest BCUT2D eigenvalue weighted by Crippen LogP contribution is 2.23. The molecule has 0 unspecified atom stereocenters. The van der Waals surface area contributed by atoms with Gasteiger partial charge in [-0.25, -0.2) is 0 Å². The van der Waals surface area contributed by atoms with Gasteiger partial charge in [-0.05, 0) is 50.0 Å². The van der Waals surface area contributed by atoms with Crippen molar-refractivity contribution < 1.29 is 4.79 Å². The first kappa shape index (κ1) is 19.6. The van der Waals surface area contributed by atoms with Gasteiger partial charge in [0, 0.05) is 12.6 Å². The third-order valence-electron chi connectivity index (χ3n) is 3.87. The fourth-order valence-corrected chi connectivity index (χ4v) is 3.12. The average Bonchev–Trinajstić information content (AvgIpc) is 2.49. The number of halogens is 3. The lowest BCUT2D eigenvalue weighted by molar-refractivity contribution is -0.133. The van der Waals surface area contributed by atoms with Gasteiger partial charge in [-0.3, -0.25) is 4.79 Å². The van der Waals surface area contributed by atoms with Crippen LogP contribution < -0.4 is 5.32 Å². The second kappa shape index (κ2) is 9.61. The van der Waals surface area contributed by atoms with Crippen LogP contribution >= 0.6 is 35.6 Å². The van der Waals surface area contributed by atoms with Crippen molar-refractivity contribution in [3.05, 3.63) is 33.8 Å². The number of piperidine rings is 1. The molecule has 1 aliphatic heterocycles. The first-order chi connectivity index (χ1) is 10.1. The molecule has 0 aromatic heterocycles. The summed E-state index contributed by atoms with van der Waals surface area (Å²) in [7, 11) is 0. The van der Waals surface area contributed by atoms with E-state index >= 15 is 0 Å². The molecule has 0 saturated carbocycles. The molecule has 1 amide bonds. The van der Waals surface area contributed by atoms with E-state index in [4.69, 9.17) is 23.2 Å². The monoisotopic (exact) mass is 364 g/mol. The zero-order chi connectivity index (χ0) is 15.2. The zero-order valence-corrected chi connectivity index (χ0v) is 15.1. The fourth-order valence-electron chi connectivity index (χ4n) is 2.80. The standard InChI is InChI=1S/C16H22Cl2N2O.ClH/c1-2-9-20(13-5-7-19-8-6-13)16(21)11-12-3-4-14(17)15(18)10-12;/h3-4,10,13,19H,2,5-9,11H2,1H3;1H. The van der Waals surface area contributed by atoms with E-state index in [-0.39, 0.29) is 18.3 Å². The van der Waals surface area contributed by atoms with E-state index in [1.165, 1.54) is 0 Å². The molecule has 0 radical (unpaired) electrons. The Labute approximate surface area is 148 Å². The Bertz CT molecular complexity index is 490. The lowest BCUT2D eigenvalue weighted by atomic mass is 10.0. The third-order valence-corrected chi connectivity index (χ3v) is 4.61. The molecule has 1 saturated heterocycles. The molecule has 0 spiro atoms. The predicted octanol–water partition coefficient (Wildman–Crippen LogP) is 3.95. The molecule has 3 nitrogen and oxygen atoms in total. The van der Waals surface area contributed by atoms with Crippen molar-refractivity contribution in [1.29, 1.82) is 0 Å². The highest BCUT2D eigenvalue weighted by atomic mass is 35.5. The number of amides is 1. The Morgan fingerprint density at radius 1 is 1.27 bits per heavy atom. The quantitative estimate of drug-likeness (QED) is 0.857. The lowest BCUT2D eigenvalue weighted by Crippen LogP contribution is -2.47. The second-order valence-corrected chi connectivity index (χ2v) is 6.31. The highest BCUT2D eigenvalue weighted by Gasteiger charge is 2.24. The molecular weight excluding hydrogens is 343 g/mol. The smallest absolute Gasteiger partial charge is 0.227 e. The van der Waals surface area contributed by atoms with E-state index in [1.807, 2.05) is 11.0 Å². The predicted molar refractivity (Wildman–Crippen MR) is 95.3 cm³/mol. The summed E-state index contributed by atoms with van der Waals surface area (Å²) in [5, 5.41) is 4.37. The van der Waals surface area contributed by atoms with Crippen LogP contribution in [0.5, 0.6) is 0 Å². The van der Waals surface area contributed by atoms with E-state index in [0.717, 1.165) is 44.5 Å². The minimum atomic E-state index is 0. The molecule has 1 heterocycles. The molecule has 1 aliphatic rings. The summed E-state index contributed by atoms with van der Waals surface area (Å²) in [4.78, 5) is 14.7. The third kappa shape index (κ3) is 5.31. The average molecular weight is 366 g/mol. The molecule has 1 fully saturated rings. The van der Waals surface area contributed by atoms with Crippen LogP contribution in [-0.4, -0.2) is 36.5 Å². The molecule has 0 atom stereocenters. The molecule has 124 valence electrons. The summed E-state index contributed by atoms with van der Waals surface area (Å²) in [6.45, 7) is 4.92. The number of benzene rings is 1. The molecule has 2 rings (SSSR count). The van der Waals surface area contributed by atoms with Gasteiger partial charge >= 0.3 is 0 Å². The van der Waals surface area contributed by atoms with Crippen LogP contribution in [-0.2, 0) is 11.2 Å². The van der Waals surface area contributed by atoms with Gasteiger partial charge in [-0.2, -0.15) is 0 Å². The highest BCUT2D eigenvalue weighted by molar-refractivity contribution is 6.42. The van der Waals surface area contributed by atoms with Crippen LogP contribution in [0.3, 0.4) is 0 Å². The van der Waals surface area contributed by atoms with Crippen LogP contribution in [0, 0.1) is 0 Å². The molecule has 6 heteroatoms. The first-order valence-corrected chi connectivity index (χ1v) is 8.31. The van der Waals surface area contributed by atoms with Gasteiger partial charge in [0.2, 0.25) is 5.91 Å². The van der Waals surface area contributed by atoms with Gasteiger partial charge in [0.15, 0.2) is 0 Å². The first-order valence-electron chi connectivity index (χ1n) is 7.56. The maximum atomic E-state index is 12.6. The van der Waals surface area contributed by atoms with E-state index in [0.29, 0.717) is 22.5 Å². The second-order valence-electron chi connectivity index (χ2n) is 5.49.